The SMILES string of the molecule is CN(C)CCNC(=O)c1ccc(Nc2ncc3ccn(-c4ccc(S(C)(=O)=O)cc4)c3n2)cc1. The van der Waals surface area contributed by atoms with Gasteiger partial charge in [-0.3, -0.25) is 4.79 Å². The second-order valence-corrected chi connectivity index (χ2v) is 10.2. The van der Waals surface area contributed by atoms with Crippen molar-refractivity contribution in [2.24, 2.45) is 0 Å². The summed E-state index contributed by atoms with van der Waals surface area (Å²) in [4.78, 5) is 23.5. The molecule has 0 aliphatic rings. The van der Waals surface area contributed by atoms with Crippen LogP contribution in [0, 0.1) is 0 Å². The van der Waals surface area contributed by atoms with Gasteiger partial charge in [-0.05, 0) is 68.7 Å². The number of likely N-dealkylation sites (N-methyl/N-ethyl adjacent to an activating group) is 1. The lowest BCUT2D eigenvalue weighted by atomic mass is 10.2. The molecule has 4 rings (SSSR count). The lowest BCUT2D eigenvalue weighted by Crippen LogP contribution is -2.31. The Morgan fingerprint density at radius 2 is 1.74 bits per heavy atom. The molecule has 0 unspecified atom stereocenters. The van der Waals surface area contributed by atoms with Crippen LogP contribution in [0.3, 0.4) is 0 Å². The molecule has 0 saturated carbocycles. The van der Waals surface area contributed by atoms with Crippen LogP contribution in [0.2, 0.25) is 0 Å². The molecule has 10 heteroatoms. The van der Waals surface area contributed by atoms with Crippen LogP contribution >= 0.6 is 0 Å². The molecular weight excluding hydrogens is 452 g/mol. The molecule has 0 spiro atoms. The zero-order valence-electron chi connectivity index (χ0n) is 19.2. The summed E-state index contributed by atoms with van der Waals surface area (Å²) in [5.41, 5.74) is 2.80. The van der Waals surface area contributed by atoms with E-state index < -0.39 is 9.84 Å². The number of nitrogens with zero attached hydrogens (tertiary/aromatic N) is 4. The Morgan fingerprint density at radius 1 is 1.03 bits per heavy atom. The van der Waals surface area contributed by atoms with Gasteiger partial charge in [0, 0.05) is 54.1 Å². The minimum absolute atomic E-state index is 0.120. The first-order valence-corrected chi connectivity index (χ1v) is 12.5. The Labute approximate surface area is 198 Å². The number of carbonyl (C=O) groups excluding carboxylic acids is 1. The molecule has 0 saturated heterocycles. The van der Waals surface area contributed by atoms with Gasteiger partial charge >= 0.3 is 0 Å². The first-order valence-electron chi connectivity index (χ1n) is 10.7. The van der Waals surface area contributed by atoms with Gasteiger partial charge in [-0.2, -0.15) is 4.98 Å². The first-order chi connectivity index (χ1) is 16.2. The van der Waals surface area contributed by atoms with Gasteiger partial charge in [0.05, 0.1) is 4.90 Å². The summed E-state index contributed by atoms with van der Waals surface area (Å²) in [6, 6.07) is 15.6. The van der Waals surface area contributed by atoms with Crippen molar-refractivity contribution in [2.75, 3.05) is 38.8 Å². The first kappa shape index (κ1) is 23.4. The normalized spacial score (nSPS) is 11.6. The standard InChI is InChI=1S/C24H26N6O3S/c1-29(2)15-13-25-23(31)17-4-6-19(7-5-17)27-24-26-16-18-12-14-30(22(18)28-24)20-8-10-21(11-9-20)34(3,32)33/h4-12,14,16H,13,15H2,1-3H3,(H,25,31)(H,26,27,28). The van der Waals surface area contributed by atoms with Crippen molar-refractivity contribution in [3.8, 4) is 5.69 Å². The van der Waals surface area contributed by atoms with Crippen LogP contribution in [0.15, 0.2) is 71.9 Å². The van der Waals surface area contributed by atoms with Gasteiger partial charge in [0.15, 0.2) is 9.84 Å². The van der Waals surface area contributed by atoms with Gasteiger partial charge < -0.3 is 20.1 Å². The molecule has 2 N–H and O–H groups in total. The molecule has 2 heterocycles. The van der Waals surface area contributed by atoms with Gasteiger partial charge in [-0.15, -0.1) is 0 Å². The number of hydrogen-bond donors (Lipinski definition) is 2. The van der Waals surface area contributed by atoms with Crippen molar-refractivity contribution in [1.82, 2.24) is 24.8 Å². The number of carbonyl (C=O) groups is 1. The lowest BCUT2D eigenvalue weighted by molar-refractivity contribution is 0.0951. The zero-order valence-corrected chi connectivity index (χ0v) is 20.0. The number of rotatable bonds is 8. The Kier molecular flexibility index (Phi) is 6.62. The van der Waals surface area contributed by atoms with E-state index in [4.69, 9.17) is 0 Å². The maximum Gasteiger partial charge on any atom is 0.251 e. The molecule has 0 fully saturated rings. The Bertz CT molecular complexity index is 1410. The van der Waals surface area contributed by atoms with Crippen LogP contribution in [0.5, 0.6) is 0 Å². The lowest BCUT2D eigenvalue weighted by Gasteiger charge is -2.11. The summed E-state index contributed by atoms with van der Waals surface area (Å²) in [6.45, 7) is 1.35. The third-order valence-electron chi connectivity index (χ3n) is 5.22. The molecule has 9 nitrogen and oxygen atoms in total. The number of fused-ring (bicyclic) bond motifs is 1. The summed E-state index contributed by atoms with van der Waals surface area (Å²) in [5, 5.41) is 6.90. The topological polar surface area (TPSA) is 109 Å². The Morgan fingerprint density at radius 3 is 2.38 bits per heavy atom. The predicted molar refractivity (Wildman–Crippen MR) is 133 cm³/mol. The fourth-order valence-electron chi connectivity index (χ4n) is 3.37. The third kappa shape index (κ3) is 5.41. The van der Waals surface area contributed by atoms with E-state index in [1.54, 1.807) is 54.7 Å². The highest BCUT2D eigenvalue weighted by molar-refractivity contribution is 7.90. The Hall–Kier alpha value is -3.76. The minimum atomic E-state index is -3.26. The molecule has 0 atom stereocenters. The molecule has 4 aromatic rings. The summed E-state index contributed by atoms with van der Waals surface area (Å²) in [7, 11) is 0.651. The van der Waals surface area contributed by atoms with E-state index in [0.29, 0.717) is 23.7 Å². The van der Waals surface area contributed by atoms with E-state index in [0.717, 1.165) is 23.3 Å². The Balaban J connectivity index is 1.51. The molecule has 0 bridgehead atoms. The highest BCUT2D eigenvalue weighted by Crippen LogP contribution is 2.22. The van der Waals surface area contributed by atoms with Crippen molar-refractivity contribution < 1.29 is 13.2 Å². The molecule has 176 valence electrons. The molecule has 2 aromatic heterocycles. The van der Waals surface area contributed by atoms with Gasteiger partial charge in [-0.1, -0.05) is 0 Å². The molecular formula is C24H26N6O3S. The largest absolute Gasteiger partial charge is 0.351 e. The number of benzene rings is 2. The number of anilines is 2. The number of sulfone groups is 1. The number of amides is 1. The van der Waals surface area contributed by atoms with Crippen LogP contribution in [-0.4, -0.2) is 67.2 Å². The predicted octanol–water partition coefficient (Wildman–Crippen LogP) is 2.86. The second kappa shape index (κ2) is 9.62. The van der Waals surface area contributed by atoms with Gasteiger partial charge in [0.1, 0.15) is 5.65 Å². The van der Waals surface area contributed by atoms with Gasteiger partial charge in [0.2, 0.25) is 5.95 Å². The van der Waals surface area contributed by atoms with Crippen molar-refractivity contribution in [1.29, 1.82) is 0 Å². The van der Waals surface area contributed by atoms with Crippen LogP contribution in [0.4, 0.5) is 11.6 Å². The van der Waals surface area contributed by atoms with Gasteiger partial charge in [0.25, 0.3) is 5.91 Å². The maximum atomic E-state index is 12.2. The molecule has 2 aromatic carbocycles. The van der Waals surface area contributed by atoms with E-state index >= 15 is 0 Å². The third-order valence-corrected chi connectivity index (χ3v) is 6.35. The zero-order chi connectivity index (χ0) is 24.3. The highest BCUT2D eigenvalue weighted by atomic mass is 32.2. The van der Waals surface area contributed by atoms with E-state index in [1.165, 1.54) is 6.26 Å². The number of hydrogen-bond acceptors (Lipinski definition) is 7. The molecule has 0 aliphatic carbocycles. The van der Waals surface area contributed by atoms with E-state index in [9.17, 15) is 13.2 Å². The van der Waals surface area contributed by atoms with Crippen molar-refractivity contribution in [3.63, 3.8) is 0 Å². The second-order valence-electron chi connectivity index (χ2n) is 8.19. The molecule has 34 heavy (non-hydrogen) atoms. The minimum Gasteiger partial charge on any atom is -0.351 e. The quantitative estimate of drug-likeness (QED) is 0.401. The smallest absolute Gasteiger partial charge is 0.251 e. The maximum absolute atomic E-state index is 12.2. The number of aromatic nitrogens is 3. The average molecular weight is 479 g/mol. The summed E-state index contributed by atoms with van der Waals surface area (Å²) < 4.78 is 25.3. The molecule has 1 amide bonds. The van der Waals surface area contributed by atoms with Crippen molar-refractivity contribution >= 4 is 38.4 Å². The molecule has 0 radical (unpaired) electrons. The summed E-state index contributed by atoms with van der Waals surface area (Å²) >= 11 is 0. The van der Waals surface area contributed by atoms with Crippen LogP contribution < -0.4 is 10.6 Å². The highest BCUT2D eigenvalue weighted by Gasteiger charge is 2.11. The van der Waals surface area contributed by atoms with E-state index in [-0.39, 0.29) is 10.8 Å². The van der Waals surface area contributed by atoms with Crippen LogP contribution in [0.25, 0.3) is 16.7 Å². The average Bonchev–Trinajstić information content (AvgIpc) is 3.22. The van der Waals surface area contributed by atoms with Crippen molar-refractivity contribution in [2.45, 2.75) is 4.90 Å². The van der Waals surface area contributed by atoms with Crippen molar-refractivity contribution in [3.05, 3.63) is 72.6 Å². The van der Waals surface area contributed by atoms with Gasteiger partial charge in [-0.25, -0.2) is 13.4 Å². The fourth-order valence-corrected chi connectivity index (χ4v) is 4.00. The summed E-state index contributed by atoms with van der Waals surface area (Å²) in [6.07, 6.45) is 4.77. The fraction of sp³-hybridized carbons (Fsp3) is 0.208. The number of nitrogens with one attached hydrogen (secondary N) is 2. The van der Waals surface area contributed by atoms with E-state index in [1.807, 2.05) is 35.8 Å². The molecule has 0 aliphatic heterocycles. The van der Waals surface area contributed by atoms with Crippen LogP contribution in [0.1, 0.15) is 10.4 Å². The van der Waals surface area contributed by atoms with Crippen LogP contribution in [-0.2, 0) is 9.84 Å². The summed E-state index contributed by atoms with van der Waals surface area (Å²) in [5.74, 6) is 0.286. The van der Waals surface area contributed by atoms with E-state index in [2.05, 4.69) is 20.6 Å². The monoisotopic (exact) mass is 478 g/mol.